The largest absolute Gasteiger partial charge is 0.387 e. The molecule has 0 aromatic carbocycles. The molecule has 6 nitrogen and oxygen atoms in total. The van der Waals surface area contributed by atoms with E-state index in [1.165, 1.54) is 10.5 Å². The van der Waals surface area contributed by atoms with Crippen molar-refractivity contribution in [2.45, 2.75) is 11.8 Å². The van der Waals surface area contributed by atoms with Crippen LogP contribution in [0.25, 0.3) is 0 Å². The molecule has 2 heterocycles. The normalized spacial score (nSPS) is 11.1. The summed E-state index contributed by atoms with van der Waals surface area (Å²) in [5.41, 5.74) is 1.10. The number of nitrogens with zero attached hydrogens (tertiary/aromatic N) is 3. The molecular weight excluding hydrogens is 276 g/mol. The molecule has 1 N–H and O–H groups in total. The first-order valence-corrected chi connectivity index (χ1v) is 7.59. The second-order valence-corrected chi connectivity index (χ2v) is 5.83. The van der Waals surface area contributed by atoms with Gasteiger partial charge in [-0.05, 0) is 25.1 Å². The third-order valence-electron chi connectivity index (χ3n) is 2.86. The summed E-state index contributed by atoms with van der Waals surface area (Å²) in [4.78, 5) is 7.97. The van der Waals surface area contributed by atoms with Crippen LogP contribution < -0.4 is 9.62 Å². The van der Waals surface area contributed by atoms with Crippen LogP contribution in [0, 0.1) is 0 Å². The maximum atomic E-state index is 12.8. The van der Waals surface area contributed by atoms with Crippen LogP contribution in [0.1, 0.15) is 6.92 Å². The lowest BCUT2D eigenvalue weighted by atomic mass is 10.4. The van der Waals surface area contributed by atoms with Gasteiger partial charge in [-0.15, -0.1) is 0 Å². The van der Waals surface area contributed by atoms with Crippen molar-refractivity contribution in [3.63, 3.8) is 0 Å². The minimum atomic E-state index is -3.67. The van der Waals surface area contributed by atoms with Crippen molar-refractivity contribution in [1.29, 1.82) is 0 Å². The summed E-state index contributed by atoms with van der Waals surface area (Å²) >= 11 is 0. The Morgan fingerprint density at radius 3 is 2.40 bits per heavy atom. The zero-order valence-electron chi connectivity index (χ0n) is 11.3. The predicted molar refractivity (Wildman–Crippen MR) is 78.2 cm³/mol. The standard InChI is InChI=1S/C13H16N4O2S/c1-3-17(11-4-7-15-8-5-11)20(18,19)13-10-16-9-6-12(13)14-2/h4-10H,3H2,1-2H3,(H,14,16). The molecule has 0 bridgehead atoms. The Labute approximate surface area is 118 Å². The first-order chi connectivity index (χ1) is 9.61. The number of hydrogen-bond donors (Lipinski definition) is 1. The zero-order valence-corrected chi connectivity index (χ0v) is 12.1. The number of hydrogen-bond acceptors (Lipinski definition) is 5. The number of pyridine rings is 2. The van der Waals surface area contributed by atoms with E-state index < -0.39 is 10.0 Å². The summed E-state index contributed by atoms with van der Waals surface area (Å²) in [5, 5.41) is 2.87. The summed E-state index contributed by atoms with van der Waals surface area (Å²) in [7, 11) is -1.99. The quantitative estimate of drug-likeness (QED) is 0.908. The van der Waals surface area contributed by atoms with Crippen molar-refractivity contribution in [3.05, 3.63) is 43.0 Å². The van der Waals surface area contributed by atoms with Crippen LogP contribution in [-0.4, -0.2) is 32.0 Å². The topological polar surface area (TPSA) is 75.2 Å². The molecule has 2 rings (SSSR count). The Morgan fingerprint density at radius 1 is 1.15 bits per heavy atom. The second kappa shape index (κ2) is 5.87. The number of rotatable bonds is 5. The molecule has 20 heavy (non-hydrogen) atoms. The van der Waals surface area contributed by atoms with Crippen molar-refractivity contribution in [1.82, 2.24) is 9.97 Å². The van der Waals surface area contributed by atoms with Crippen LogP contribution in [-0.2, 0) is 10.0 Å². The molecule has 0 aliphatic rings. The second-order valence-electron chi connectivity index (χ2n) is 4.00. The van der Waals surface area contributed by atoms with E-state index in [-0.39, 0.29) is 4.90 Å². The van der Waals surface area contributed by atoms with Gasteiger partial charge in [-0.25, -0.2) is 8.42 Å². The van der Waals surface area contributed by atoms with Gasteiger partial charge in [0.15, 0.2) is 0 Å². The number of aromatic nitrogens is 2. The highest BCUT2D eigenvalue weighted by Gasteiger charge is 2.26. The van der Waals surface area contributed by atoms with Crippen molar-refractivity contribution >= 4 is 21.4 Å². The molecule has 0 fully saturated rings. The molecule has 0 saturated heterocycles. The lowest BCUT2D eigenvalue weighted by Crippen LogP contribution is -2.31. The Morgan fingerprint density at radius 2 is 1.80 bits per heavy atom. The lowest BCUT2D eigenvalue weighted by Gasteiger charge is -2.23. The van der Waals surface area contributed by atoms with Gasteiger partial charge in [0.2, 0.25) is 0 Å². The maximum Gasteiger partial charge on any atom is 0.267 e. The Bertz CT molecular complexity index is 674. The van der Waals surface area contributed by atoms with E-state index in [2.05, 4.69) is 15.3 Å². The molecule has 0 radical (unpaired) electrons. The molecule has 0 amide bonds. The van der Waals surface area contributed by atoms with Crippen LogP contribution in [0.5, 0.6) is 0 Å². The summed E-state index contributed by atoms with van der Waals surface area (Å²) in [6.45, 7) is 2.11. The Kier molecular flexibility index (Phi) is 4.19. The van der Waals surface area contributed by atoms with E-state index in [1.54, 1.807) is 50.8 Å². The SMILES string of the molecule is CCN(c1ccncc1)S(=O)(=O)c1cnccc1NC. The minimum Gasteiger partial charge on any atom is -0.387 e. The molecule has 2 aromatic heterocycles. The molecule has 0 aliphatic carbocycles. The first kappa shape index (κ1) is 14.3. The molecule has 0 spiro atoms. The van der Waals surface area contributed by atoms with Crippen LogP contribution >= 0.6 is 0 Å². The van der Waals surface area contributed by atoms with Gasteiger partial charge in [0.25, 0.3) is 10.0 Å². The van der Waals surface area contributed by atoms with Crippen LogP contribution in [0.3, 0.4) is 0 Å². The number of anilines is 2. The van der Waals surface area contributed by atoms with Gasteiger partial charge >= 0.3 is 0 Å². The highest BCUT2D eigenvalue weighted by atomic mass is 32.2. The Balaban J connectivity index is 2.53. The highest BCUT2D eigenvalue weighted by Crippen LogP contribution is 2.26. The smallest absolute Gasteiger partial charge is 0.267 e. The van der Waals surface area contributed by atoms with E-state index in [1.807, 2.05) is 0 Å². The van der Waals surface area contributed by atoms with Crippen molar-refractivity contribution < 1.29 is 8.42 Å². The van der Waals surface area contributed by atoms with Gasteiger partial charge in [0.1, 0.15) is 4.90 Å². The molecule has 0 aliphatic heterocycles. The predicted octanol–water partition coefficient (Wildman–Crippen LogP) is 1.73. The fourth-order valence-corrected chi connectivity index (χ4v) is 3.53. The number of sulfonamides is 1. The maximum absolute atomic E-state index is 12.8. The molecule has 0 unspecified atom stereocenters. The third kappa shape index (κ3) is 2.57. The summed E-state index contributed by atoms with van der Waals surface area (Å²) in [6, 6.07) is 4.96. The third-order valence-corrected chi connectivity index (χ3v) is 4.79. The zero-order chi connectivity index (χ0) is 14.6. The summed E-state index contributed by atoms with van der Waals surface area (Å²) in [5.74, 6) is 0. The van der Waals surface area contributed by atoms with Crippen molar-refractivity contribution in [3.8, 4) is 0 Å². The minimum absolute atomic E-state index is 0.154. The average Bonchev–Trinajstić information content (AvgIpc) is 2.48. The number of nitrogens with one attached hydrogen (secondary N) is 1. The average molecular weight is 292 g/mol. The van der Waals surface area contributed by atoms with Gasteiger partial charge in [-0.3, -0.25) is 14.3 Å². The molecule has 7 heteroatoms. The molecule has 0 saturated carbocycles. The van der Waals surface area contributed by atoms with Gasteiger partial charge in [-0.2, -0.15) is 0 Å². The monoisotopic (exact) mass is 292 g/mol. The summed E-state index contributed by atoms with van der Waals surface area (Å²) < 4.78 is 26.9. The van der Waals surface area contributed by atoms with Gasteiger partial charge in [0.05, 0.1) is 11.4 Å². The molecular formula is C13H16N4O2S. The lowest BCUT2D eigenvalue weighted by molar-refractivity contribution is 0.592. The van der Waals surface area contributed by atoms with E-state index >= 15 is 0 Å². The summed E-state index contributed by atoms with van der Waals surface area (Å²) in [6.07, 6.45) is 6.03. The van der Waals surface area contributed by atoms with Crippen LogP contribution in [0.15, 0.2) is 47.9 Å². The van der Waals surface area contributed by atoms with E-state index in [4.69, 9.17) is 0 Å². The van der Waals surface area contributed by atoms with Crippen molar-refractivity contribution in [2.24, 2.45) is 0 Å². The van der Waals surface area contributed by atoms with Crippen LogP contribution in [0.2, 0.25) is 0 Å². The van der Waals surface area contributed by atoms with Gasteiger partial charge in [-0.1, -0.05) is 0 Å². The molecule has 106 valence electrons. The Hall–Kier alpha value is -2.15. The molecule has 2 aromatic rings. The van der Waals surface area contributed by atoms with Gasteiger partial charge in [0, 0.05) is 38.4 Å². The van der Waals surface area contributed by atoms with E-state index in [9.17, 15) is 8.42 Å². The fourth-order valence-electron chi connectivity index (χ4n) is 1.91. The van der Waals surface area contributed by atoms with Crippen LogP contribution in [0.4, 0.5) is 11.4 Å². The van der Waals surface area contributed by atoms with E-state index in [0.29, 0.717) is 17.9 Å². The van der Waals surface area contributed by atoms with E-state index in [0.717, 1.165) is 0 Å². The van der Waals surface area contributed by atoms with Crippen molar-refractivity contribution in [2.75, 3.05) is 23.2 Å². The first-order valence-electron chi connectivity index (χ1n) is 6.15. The van der Waals surface area contributed by atoms with Gasteiger partial charge < -0.3 is 5.32 Å². The highest BCUT2D eigenvalue weighted by molar-refractivity contribution is 7.93. The fraction of sp³-hybridized carbons (Fsp3) is 0.231. The molecule has 0 atom stereocenters.